The number of hydrogen-bond donors (Lipinski definition) is 2. The smallest absolute Gasteiger partial charge is 0.194 e. The van der Waals surface area contributed by atoms with Crippen LogP contribution in [-0.2, 0) is 6.54 Å². The Bertz CT molecular complexity index is 854. The minimum absolute atomic E-state index is 0.664. The lowest BCUT2D eigenvalue weighted by atomic mass is 9.93. The third-order valence-corrected chi connectivity index (χ3v) is 7.15. The number of rotatable bonds is 5. The van der Waals surface area contributed by atoms with Crippen LogP contribution in [0.3, 0.4) is 0 Å². The van der Waals surface area contributed by atoms with Crippen LogP contribution < -0.4 is 5.32 Å². The van der Waals surface area contributed by atoms with Crippen LogP contribution in [-0.4, -0.2) is 69.7 Å². The van der Waals surface area contributed by atoms with Gasteiger partial charge in [0.05, 0.1) is 6.54 Å². The van der Waals surface area contributed by atoms with Gasteiger partial charge in [0.2, 0.25) is 0 Å². The fourth-order valence-electron chi connectivity index (χ4n) is 5.68. The molecule has 0 spiro atoms. The molecule has 1 aromatic heterocycles. The standard InChI is InChI=1S/C23H33N7/c1-2-24-23(25-15-18-4-3-5-20(13-18)22-26-16-27-28-22)30-10-8-29(9-11-30)21-14-17-6-7-19(21)12-17/h3-5,13,16-17,19,21H,2,6-12,14-15H2,1H3,(H,24,25)(H,26,27,28). The maximum Gasteiger partial charge on any atom is 0.194 e. The molecular weight excluding hydrogens is 374 g/mol. The molecule has 3 unspecified atom stereocenters. The fourth-order valence-corrected chi connectivity index (χ4v) is 5.68. The summed E-state index contributed by atoms with van der Waals surface area (Å²) >= 11 is 0. The lowest BCUT2D eigenvalue weighted by molar-refractivity contribution is 0.0958. The Hall–Kier alpha value is -2.41. The van der Waals surface area contributed by atoms with Gasteiger partial charge in [0, 0.05) is 44.3 Å². The summed E-state index contributed by atoms with van der Waals surface area (Å²) in [5.74, 6) is 3.82. The number of piperazine rings is 1. The maximum atomic E-state index is 4.96. The molecule has 5 rings (SSSR count). The van der Waals surface area contributed by atoms with Gasteiger partial charge in [-0.15, -0.1) is 0 Å². The molecule has 1 aliphatic heterocycles. The molecule has 30 heavy (non-hydrogen) atoms. The second-order valence-corrected chi connectivity index (χ2v) is 8.97. The van der Waals surface area contributed by atoms with Gasteiger partial charge in [-0.25, -0.2) is 9.98 Å². The highest BCUT2D eigenvalue weighted by molar-refractivity contribution is 5.80. The first kappa shape index (κ1) is 19.5. The molecule has 2 aliphatic carbocycles. The number of H-pyrrole nitrogens is 1. The molecule has 2 bridgehead atoms. The van der Waals surface area contributed by atoms with Crippen LogP contribution in [0.2, 0.25) is 0 Å². The van der Waals surface area contributed by atoms with Gasteiger partial charge in [0.1, 0.15) is 6.33 Å². The van der Waals surface area contributed by atoms with Crippen molar-refractivity contribution in [3.8, 4) is 11.4 Å². The summed E-state index contributed by atoms with van der Waals surface area (Å²) in [6.07, 6.45) is 7.42. The molecule has 3 fully saturated rings. The van der Waals surface area contributed by atoms with Crippen molar-refractivity contribution >= 4 is 5.96 Å². The van der Waals surface area contributed by atoms with Crippen LogP contribution >= 0.6 is 0 Å². The fraction of sp³-hybridized carbons (Fsp3) is 0.609. The van der Waals surface area contributed by atoms with E-state index in [2.05, 4.69) is 55.4 Å². The molecule has 2 N–H and O–H groups in total. The summed E-state index contributed by atoms with van der Waals surface area (Å²) in [6.45, 7) is 8.17. The van der Waals surface area contributed by atoms with Crippen LogP contribution in [0.25, 0.3) is 11.4 Å². The molecule has 3 aliphatic rings. The van der Waals surface area contributed by atoms with Crippen LogP contribution in [0.5, 0.6) is 0 Å². The van der Waals surface area contributed by atoms with Crippen molar-refractivity contribution in [2.75, 3.05) is 32.7 Å². The van der Waals surface area contributed by atoms with E-state index in [0.29, 0.717) is 6.54 Å². The Labute approximate surface area is 179 Å². The number of fused-ring (bicyclic) bond motifs is 2. The zero-order chi connectivity index (χ0) is 20.3. The average molecular weight is 408 g/mol. The number of aromatic amines is 1. The van der Waals surface area contributed by atoms with E-state index in [0.717, 1.165) is 54.9 Å². The molecular formula is C23H33N7. The van der Waals surface area contributed by atoms with E-state index in [1.807, 2.05) is 6.07 Å². The highest BCUT2D eigenvalue weighted by Crippen LogP contribution is 2.46. The van der Waals surface area contributed by atoms with Gasteiger partial charge in [-0.3, -0.25) is 10.00 Å². The molecule has 7 heteroatoms. The van der Waals surface area contributed by atoms with E-state index >= 15 is 0 Å². The first-order valence-electron chi connectivity index (χ1n) is 11.5. The molecule has 7 nitrogen and oxygen atoms in total. The number of benzene rings is 1. The van der Waals surface area contributed by atoms with E-state index in [1.54, 1.807) is 6.33 Å². The number of hydrogen-bond acceptors (Lipinski definition) is 4. The second-order valence-electron chi connectivity index (χ2n) is 8.97. The molecule has 160 valence electrons. The van der Waals surface area contributed by atoms with Crippen molar-refractivity contribution in [3.63, 3.8) is 0 Å². The summed E-state index contributed by atoms with van der Waals surface area (Å²) in [5.41, 5.74) is 2.23. The predicted octanol–water partition coefficient (Wildman–Crippen LogP) is 2.74. The Balaban J connectivity index is 1.21. The van der Waals surface area contributed by atoms with Crippen LogP contribution in [0.4, 0.5) is 0 Å². The predicted molar refractivity (Wildman–Crippen MR) is 119 cm³/mol. The molecule has 0 amide bonds. The van der Waals surface area contributed by atoms with E-state index < -0.39 is 0 Å². The SMILES string of the molecule is CCNC(=NCc1cccc(-c2ncn[nH]2)c1)N1CCN(C2CC3CCC2C3)CC1. The van der Waals surface area contributed by atoms with Crippen molar-refractivity contribution < 1.29 is 0 Å². The Morgan fingerprint density at radius 1 is 1.20 bits per heavy atom. The summed E-state index contributed by atoms with van der Waals surface area (Å²) in [5, 5.41) is 10.4. The number of aromatic nitrogens is 3. The normalized spacial score (nSPS) is 27.0. The van der Waals surface area contributed by atoms with E-state index in [9.17, 15) is 0 Å². The monoisotopic (exact) mass is 407 g/mol. The molecule has 1 aromatic carbocycles. The highest BCUT2D eigenvalue weighted by Gasteiger charge is 2.42. The summed E-state index contributed by atoms with van der Waals surface area (Å²) in [6, 6.07) is 9.22. The molecule has 2 saturated carbocycles. The topological polar surface area (TPSA) is 72.4 Å². The van der Waals surface area contributed by atoms with Crippen LogP contribution in [0.1, 0.15) is 38.2 Å². The number of guanidine groups is 1. The van der Waals surface area contributed by atoms with Crippen molar-refractivity contribution in [1.82, 2.24) is 30.3 Å². The van der Waals surface area contributed by atoms with Crippen molar-refractivity contribution in [2.24, 2.45) is 16.8 Å². The van der Waals surface area contributed by atoms with Gasteiger partial charge in [-0.05, 0) is 49.7 Å². The Kier molecular flexibility index (Phi) is 5.71. The van der Waals surface area contributed by atoms with Crippen molar-refractivity contribution in [3.05, 3.63) is 36.2 Å². The summed E-state index contributed by atoms with van der Waals surface area (Å²) < 4.78 is 0. The van der Waals surface area contributed by atoms with E-state index in [1.165, 1.54) is 44.3 Å². The largest absolute Gasteiger partial charge is 0.357 e. The second kappa shape index (κ2) is 8.76. The summed E-state index contributed by atoms with van der Waals surface area (Å²) in [7, 11) is 0. The third-order valence-electron chi connectivity index (χ3n) is 7.15. The quantitative estimate of drug-likeness (QED) is 0.589. The zero-order valence-corrected chi connectivity index (χ0v) is 17.9. The molecule has 3 atom stereocenters. The van der Waals surface area contributed by atoms with Gasteiger partial charge in [-0.1, -0.05) is 24.6 Å². The number of nitrogens with zero attached hydrogens (tertiary/aromatic N) is 5. The minimum atomic E-state index is 0.664. The third kappa shape index (κ3) is 4.08. The Morgan fingerprint density at radius 2 is 2.10 bits per heavy atom. The number of nitrogens with one attached hydrogen (secondary N) is 2. The molecule has 0 radical (unpaired) electrons. The van der Waals surface area contributed by atoms with Gasteiger partial charge >= 0.3 is 0 Å². The molecule has 2 aromatic rings. The number of aliphatic imine (C=N–C) groups is 1. The molecule has 1 saturated heterocycles. The van der Waals surface area contributed by atoms with Gasteiger partial charge < -0.3 is 10.2 Å². The van der Waals surface area contributed by atoms with Crippen molar-refractivity contribution in [2.45, 2.75) is 45.2 Å². The highest BCUT2D eigenvalue weighted by atomic mass is 15.4. The van der Waals surface area contributed by atoms with Crippen molar-refractivity contribution in [1.29, 1.82) is 0 Å². The van der Waals surface area contributed by atoms with Crippen LogP contribution in [0, 0.1) is 11.8 Å². The van der Waals surface area contributed by atoms with Gasteiger partial charge in [0.25, 0.3) is 0 Å². The summed E-state index contributed by atoms with van der Waals surface area (Å²) in [4.78, 5) is 14.4. The van der Waals surface area contributed by atoms with E-state index in [-0.39, 0.29) is 0 Å². The first-order chi connectivity index (χ1) is 14.8. The Morgan fingerprint density at radius 3 is 2.80 bits per heavy atom. The maximum absolute atomic E-state index is 4.96. The average Bonchev–Trinajstić information content (AvgIpc) is 3.56. The van der Waals surface area contributed by atoms with Gasteiger partial charge in [-0.2, -0.15) is 5.10 Å². The van der Waals surface area contributed by atoms with E-state index in [4.69, 9.17) is 4.99 Å². The lowest BCUT2D eigenvalue weighted by Crippen LogP contribution is -2.55. The lowest BCUT2D eigenvalue weighted by Gasteiger charge is -2.42. The first-order valence-corrected chi connectivity index (χ1v) is 11.5. The van der Waals surface area contributed by atoms with Gasteiger partial charge in [0.15, 0.2) is 11.8 Å². The molecule has 2 heterocycles. The van der Waals surface area contributed by atoms with Crippen LogP contribution in [0.15, 0.2) is 35.6 Å². The zero-order valence-electron chi connectivity index (χ0n) is 17.9. The minimum Gasteiger partial charge on any atom is -0.357 e.